The maximum absolute atomic E-state index is 12.5. The van der Waals surface area contributed by atoms with Crippen molar-refractivity contribution in [3.63, 3.8) is 0 Å². The molecule has 0 bridgehead atoms. The van der Waals surface area contributed by atoms with Gasteiger partial charge in [-0.25, -0.2) is 0 Å². The summed E-state index contributed by atoms with van der Waals surface area (Å²) in [5.74, 6) is -0.345. The van der Waals surface area contributed by atoms with E-state index in [-0.39, 0.29) is 30.2 Å². The lowest BCUT2D eigenvalue weighted by Crippen LogP contribution is -2.30. The highest BCUT2D eigenvalue weighted by Gasteiger charge is 2.36. The van der Waals surface area contributed by atoms with E-state index in [1.165, 1.54) is 5.56 Å². The van der Waals surface area contributed by atoms with Crippen LogP contribution in [-0.4, -0.2) is 23.3 Å². The molecular weight excluding hydrogens is 312 g/mol. The first-order valence-corrected chi connectivity index (χ1v) is 8.82. The number of amides is 2. The van der Waals surface area contributed by atoms with Crippen LogP contribution in [0.5, 0.6) is 0 Å². The number of hydrogen-bond acceptors (Lipinski definition) is 2. The first-order valence-electron chi connectivity index (χ1n) is 8.82. The van der Waals surface area contributed by atoms with Gasteiger partial charge in [-0.15, -0.1) is 0 Å². The number of benzene rings is 2. The molecular formula is C21H24N2O2. The lowest BCUT2D eigenvalue weighted by molar-refractivity contribution is -0.129. The Labute approximate surface area is 148 Å². The first kappa shape index (κ1) is 17.2. The average Bonchev–Trinajstić information content (AvgIpc) is 3.04. The molecule has 1 fully saturated rings. The quantitative estimate of drug-likeness (QED) is 0.903. The van der Waals surface area contributed by atoms with Crippen molar-refractivity contribution >= 4 is 17.5 Å². The standard InChI is InChI=1S/C21H24N2O2/c1-3-16-9-11-19(12-10-16)22-21(25)18-13-20(24)23(14-18)15(2)17-7-5-4-6-8-17/h4-12,15,18H,3,13-14H2,1-2H3,(H,22,25)/t15-,18+/m1/s1. The van der Waals surface area contributed by atoms with Crippen molar-refractivity contribution in [2.24, 2.45) is 5.92 Å². The number of nitrogens with one attached hydrogen (secondary N) is 1. The van der Waals surface area contributed by atoms with Gasteiger partial charge in [-0.1, -0.05) is 49.4 Å². The lowest BCUT2D eigenvalue weighted by atomic mass is 10.1. The van der Waals surface area contributed by atoms with Crippen LogP contribution in [0.4, 0.5) is 5.69 Å². The molecule has 0 radical (unpaired) electrons. The topological polar surface area (TPSA) is 49.4 Å². The van der Waals surface area contributed by atoms with Crippen LogP contribution in [0.1, 0.15) is 37.4 Å². The minimum absolute atomic E-state index is 0.0182. The predicted molar refractivity (Wildman–Crippen MR) is 99.1 cm³/mol. The van der Waals surface area contributed by atoms with Gasteiger partial charge < -0.3 is 10.2 Å². The zero-order valence-corrected chi connectivity index (χ0v) is 14.7. The third-order valence-corrected chi connectivity index (χ3v) is 4.91. The summed E-state index contributed by atoms with van der Waals surface area (Å²) in [6.45, 7) is 4.57. The molecule has 2 aromatic rings. The summed E-state index contributed by atoms with van der Waals surface area (Å²) in [4.78, 5) is 26.7. The zero-order chi connectivity index (χ0) is 17.8. The Hall–Kier alpha value is -2.62. The Morgan fingerprint density at radius 3 is 2.48 bits per heavy atom. The van der Waals surface area contributed by atoms with Gasteiger partial charge in [0.15, 0.2) is 0 Å². The van der Waals surface area contributed by atoms with Crippen LogP contribution < -0.4 is 5.32 Å². The van der Waals surface area contributed by atoms with Gasteiger partial charge in [0.05, 0.1) is 12.0 Å². The summed E-state index contributed by atoms with van der Waals surface area (Å²) in [5, 5.41) is 2.94. The zero-order valence-electron chi connectivity index (χ0n) is 14.7. The fourth-order valence-corrected chi connectivity index (χ4v) is 3.26. The minimum Gasteiger partial charge on any atom is -0.335 e. The second-order valence-electron chi connectivity index (χ2n) is 6.57. The van der Waals surface area contributed by atoms with Gasteiger partial charge in [0.1, 0.15) is 0 Å². The summed E-state index contributed by atoms with van der Waals surface area (Å²) in [6, 6.07) is 17.8. The third-order valence-electron chi connectivity index (χ3n) is 4.91. The van der Waals surface area contributed by atoms with Crippen LogP contribution >= 0.6 is 0 Å². The van der Waals surface area contributed by atoms with Crippen molar-refractivity contribution in [2.75, 3.05) is 11.9 Å². The highest BCUT2D eigenvalue weighted by atomic mass is 16.2. The Morgan fingerprint density at radius 2 is 1.84 bits per heavy atom. The highest BCUT2D eigenvalue weighted by molar-refractivity contribution is 5.97. The maximum Gasteiger partial charge on any atom is 0.229 e. The van der Waals surface area contributed by atoms with Crippen LogP contribution in [0.25, 0.3) is 0 Å². The second kappa shape index (κ2) is 7.51. The van der Waals surface area contributed by atoms with Gasteiger partial charge >= 0.3 is 0 Å². The highest BCUT2D eigenvalue weighted by Crippen LogP contribution is 2.29. The van der Waals surface area contributed by atoms with Gasteiger partial charge in [0, 0.05) is 18.7 Å². The van der Waals surface area contributed by atoms with E-state index in [9.17, 15) is 9.59 Å². The normalized spacial score (nSPS) is 18.2. The van der Waals surface area contributed by atoms with Gasteiger partial charge in [-0.3, -0.25) is 9.59 Å². The molecule has 4 heteroatoms. The molecule has 0 unspecified atom stereocenters. The lowest BCUT2D eigenvalue weighted by Gasteiger charge is -2.25. The van der Waals surface area contributed by atoms with E-state index in [2.05, 4.69) is 12.2 Å². The summed E-state index contributed by atoms with van der Waals surface area (Å²) in [6.07, 6.45) is 1.24. The van der Waals surface area contributed by atoms with Gasteiger partial charge in [-0.2, -0.15) is 0 Å². The molecule has 1 aliphatic heterocycles. The molecule has 1 aliphatic rings. The number of carbonyl (C=O) groups excluding carboxylic acids is 2. The van der Waals surface area contributed by atoms with Gasteiger partial charge in [0.2, 0.25) is 11.8 Å². The summed E-state index contributed by atoms with van der Waals surface area (Å²) in [7, 11) is 0. The molecule has 2 amide bonds. The largest absolute Gasteiger partial charge is 0.335 e. The molecule has 1 heterocycles. The molecule has 1 saturated heterocycles. The fourth-order valence-electron chi connectivity index (χ4n) is 3.26. The van der Waals surface area contributed by atoms with Crippen molar-refractivity contribution in [1.82, 2.24) is 4.90 Å². The van der Waals surface area contributed by atoms with Crippen LogP contribution in [0, 0.1) is 5.92 Å². The van der Waals surface area contributed by atoms with Crippen molar-refractivity contribution in [3.8, 4) is 0 Å². The molecule has 1 N–H and O–H groups in total. The Balaban J connectivity index is 1.64. The average molecular weight is 336 g/mol. The number of carbonyl (C=O) groups is 2. The van der Waals surface area contributed by atoms with Crippen molar-refractivity contribution in [2.45, 2.75) is 32.7 Å². The molecule has 4 nitrogen and oxygen atoms in total. The van der Waals surface area contributed by atoms with Crippen LogP contribution in [0.2, 0.25) is 0 Å². The van der Waals surface area contributed by atoms with E-state index in [0.29, 0.717) is 6.54 Å². The molecule has 130 valence electrons. The number of hydrogen-bond donors (Lipinski definition) is 1. The Bertz CT molecular complexity index is 740. The van der Waals surface area contributed by atoms with Crippen molar-refractivity contribution in [3.05, 3.63) is 65.7 Å². The van der Waals surface area contributed by atoms with E-state index in [1.807, 2.05) is 61.5 Å². The SMILES string of the molecule is CCc1ccc(NC(=O)[C@H]2CC(=O)N([C@H](C)c3ccccc3)C2)cc1. The molecule has 0 spiro atoms. The monoisotopic (exact) mass is 336 g/mol. The van der Waals surface area contributed by atoms with Gasteiger partial charge in [-0.05, 0) is 36.6 Å². The van der Waals surface area contributed by atoms with E-state index in [0.717, 1.165) is 17.7 Å². The van der Waals surface area contributed by atoms with E-state index >= 15 is 0 Å². The predicted octanol–water partition coefficient (Wildman–Crippen LogP) is 3.80. The number of nitrogens with zero attached hydrogens (tertiary/aromatic N) is 1. The second-order valence-corrected chi connectivity index (χ2v) is 6.57. The first-order chi connectivity index (χ1) is 12.1. The fraction of sp³-hybridized carbons (Fsp3) is 0.333. The third kappa shape index (κ3) is 3.90. The Kier molecular flexibility index (Phi) is 5.17. The molecule has 0 saturated carbocycles. The van der Waals surface area contributed by atoms with E-state index in [4.69, 9.17) is 0 Å². The van der Waals surface area contributed by atoms with Gasteiger partial charge in [0.25, 0.3) is 0 Å². The number of likely N-dealkylation sites (tertiary alicyclic amines) is 1. The summed E-state index contributed by atoms with van der Waals surface area (Å²) in [5.41, 5.74) is 3.10. The van der Waals surface area contributed by atoms with Crippen LogP contribution in [0.3, 0.4) is 0 Å². The maximum atomic E-state index is 12.5. The molecule has 0 aromatic heterocycles. The van der Waals surface area contributed by atoms with Crippen LogP contribution in [-0.2, 0) is 16.0 Å². The molecule has 25 heavy (non-hydrogen) atoms. The van der Waals surface area contributed by atoms with E-state index < -0.39 is 0 Å². The number of aryl methyl sites for hydroxylation is 1. The molecule has 2 aromatic carbocycles. The van der Waals surface area contributed by atoms with Crippen molar-refractivity contribution in [1.29, 1.82) is 0 Å². The minimum atomic E-state index is -0.301. The molecule has 2 atom stereocenters. The molecule has 0 aliphatic carbocycles. The smallest absolute Gasteiger partial charge is 0.229 e. The molecule has 3 rings (SSSR count). The Morgan fingerprint density at radius 1 is 1.16 bits per heavy atom. The van der Waals surface area contributed by atoms with Crippen LogP contribution in [0.15, 0.2) is 54.6 Å². The number of anilines is 1. The van der Waals surface area contributed by atoms with E-state index in [1.54, 1.807) is 4.90 Å². The summed E-state index contributed by atoms with van der Waals surface area (Å²) >= 11 is 0. The van der Waals surface area contributed by atoms with Crippen molar-refractivity contribution < 1.29 is 9.59 Å². The number of rotatable bonds is 5. The summed E-state index contributed by atoms with van der Waals surface area (Å²) < 4.78 is 0.